The van der Waals surface area contributed by atoms with E-state index in [1.165, 1.54) is 31.1 Å². The third-order valence-electron chi connectivity index (χ3n) is 9.60. The number of nitrogens with zero attached hydrogens (tertiary/aromatic N) is 2. The largest absolute Gasteiger partial charge is 0.504 e. The van der Waals surface area contributed by atoms with E-state index in [1.54, 1.807) is 18.2 Å². The predicted octanol–water partition coefficient (Wildman–Crippen LogP) is 4.34. The van der Waals surface area contributed by atoms with Gasteiger partial charge in [-0.1, -0.05) is 29.3 Å². The Bertz CT molecular complexity index is 1300. The van der Waals surface area contributed by atoms with Crippen molar-refractivity contribution in [2.24, 2.45) is 5.92 Å². The highest BCUT2D eigenvalue weighted by Crippen LogP contribution is 2.66. The van der Waals surface area contributed by atoms with Crippen LogP contribution in [0.4, 0.5) is 0 Å². The maximum Gasteiger partial charge on any atom is 0.277 e. The van der Waals surface area contributed by atoms with Crippen molar-refractivity contribution in [3.8, 4) is 11.5 Å². The zero-order valence-corrected chi connectivity index (χ0v) is 22.1. The smallest absolute Gasteiger partial charge is 0.277 e. The number of phenols is 1. The third kappa shape index (κ3) is 3.21. The van der Waals surface area contributed by atoms with Crippen molar-refractivity contribution in [2.75, 3.05) is 20.2 Å². The molecule has 0 radical (unpaired) electrons. The monoisotopic (exact) mass is 544 g/mol. The number of aliphatic hydroxyl groups is 1. The van der Waals surface area contributed by atoms with E-state index in [1.807, 2.05) is 6.07 Å². The van der Waals surface area contributed by atoms with Crippen LogP contribution in [0.15, 0.2) is 30.3 Å². The molecule has 9 heteroatoms. The van der Waals surface area contributed by atoms with Crippen molar-refractivity contribution < 1.29 is 24.6 Å². The van der Waals surface area contributed by atoms with Gasteiger partial charge in [0.25, 0.3) is 5.91 Å². The van der Waals surface area contributed by atoms with E-state index in [-0.39, 0.29) is 22.7 Å². The van der Waals surface area contributed by atoms with Crippen molar-refractivity contribution >= 4 is 29.1 Å². The molecule has 7 rings (SSSR count). The van der Waals surface area contributed by atoms with E-state index in [2.05, 4.69) is 4.90 Å². The summed E-state index contributed by atoms with van der Waals surface area (Å²) in [6.45, 7) is 1.86. The van der Waals surface area contributed by atoms with Gasteiger partial charge in [-0.05, 0) is 80.8 Å². The summed E-state index contributed by atoms with van der Waals surface area (Å²) in [6.07, 6.45) is 4.38. The van der Waals surface area contributed by atoms with Crippen molar-refractivity contribution in [1.82, 2.24) is 9.96 Å². The summed E-state index contributed by atoms with van der Waals surface area (Å²) >= 11 is 12.3. The summed E-state index contributed by atoms with van der Waals surface area (Å²) < 4.78 is 6.58. The Morgan fingerprint density at radius 3 is 2.73 bits per heavy atom. The number of carbonyl (C=O) groups excluding carboxylic acids is 1. The van der Waals surface area contributed by atoms with E-state index >= 15 is 0 Å². The predicted molar refractivity (Wildman–Crippen MR) is 138 cm³/mol. The zero-order chi connectivity index (χ0) is 25.7. The number of ether oxygens (including phenoxy) is 1. The standard InChI is InChI=1S/C28H30Cl2N2O5/c1-36-32(26(34)17-4-6-18(29)19(30)12-17)20-8-9-28(35)22-13-16-5-7-21(33)24-23(16)27(28,25(20)37-24)10-11-31(22)14-15-2-3-15/h4-7,12,15,20,22,25,33,35H,2-3,8-11,13-14H2,1H3/t20-,22+,25-,27-,28+/m0/s1. The topological polar surface area (TPSA) is 82.5 Å². The Balaban J connectivity index is 1.32. The molecule has 2 heterocycles. The number of hydrogen-bond donors (Lipinski definition) is 2. The molecule has 1 saturated heterocycles. The van der Waals surface area contributed by atoms with E-state index in [9.17, 15) is 15.0 Å². The Hall–Kier alpha value is -2.03. The lowest BCUT2D eigenvalue weighted by Crippen LogP contribution is -2.78. The molecule has 3 aliphatic carbocycles. The molecule has 2 saturated carbocycles. The Labute approximate surface area is 225 Å². The summed E-state index contributed by atoms with van der Waals surface area (Å²) in [7, 11) is 1.47. The molecule has 2 aromatic rings. The van der Waals surface area contributed by atoms with Gasteiger partial charge in [-0.15, -0.1) is 0 Å². The molecule has 37 heavy (non-hydrogen) atoms. The number of hydrogen-bond acceptors (Lipinski definition) is 6. The number of benzene rings is 2. The van der Waals surface area contributed by atoms with Gasteiger partial charge in [0.1, 0.15) is 6.10 Å². The Morgan fingerprint density at radius 1 is 1.19 bits per heavy atom. The first-order valence-electron chi connectivity index (χ1n) is 13.1. The molecule has 5 aliphatic rings. The van der Waals surface area contributed by atoms with E-state index < -0.39 is 23.2 Å². The number of likely N-dealkylation sites (tertiary alicyclic amines) is 1. The summed E-state index contributed by atoms with van der Waals surface area (Å²) in [4.78, 5) is 21.9. The summed E-state index contributed by atoms with van der Waals surface area (Å²) in [5.41, 5.74) is 0.626. The molecule has 5 atom stereocenters. The lowest BCUT2D eigenvalue weighted by Gasteiger charge is -2.64. The number of carbonyl (C=O) groups is 1. The maximum atomic E-state index is 13.7. The summed E-state index contributed by atoms with van der Waals surface area (Å²) in [5.74, 6) is 0.881. The molecular weight excluding hydrogens is 515 g/mol. The molecule has 1 amide bonds. The van der Waals surface area contributed by atoms with Crippen LogP contribution in [-0.4, -0.2) is 70.1 Å². The average Bonchev–Trinajstić information content (AvgIpc) is 3.62. The maximum absolute atomic E-state index is 13.7. The minimum absolute atomic E-state index is 0.0290. The molecule has 2 aromatic carbocycles. The minimum Gasteiger partial charge on any atom is -0.504 e. The number of hydroxylamine groups is 2. The molecule has 7 nitrogen and oxygen atoms in total. The van der Waals surface area contributed by atoms with Crippen LogP contribution in [0.25, 0.3) is 0 Å². The molecule has 3 fully saturated rings. The Kier molecular flexibility index (Phi) is 5.35. The lowest BCUT2D eigenvalue weighted by molar-refractivity contribution is -0.227. The van der Waals surface area contributed by atoms with Gasteiger partial charge in [-0.25, -0.2) is 5.06 Å². The number of halogens is 2. The number of amides is 1. The first-order valence-corrected chi connectivity index (χ1v) is 13.8. The van der Waals surface area contributed by atoms with Crippen molar-refractivity contribution in [3.05, 3.63) is 57.1 Å². The molecular formula is C28H30Cl2N2O5. The highest BCUT2D eigenvalue weighted by atomic mass is 35.5. The average molecular weight is 545 g/mol. The Morgan fingerprint density at radius 2 is 2.00 bits per heavy atom. The van der Waals surface area contributed by atoms with Crippen LogP contribution in [-0.2, 0) is 16.7 Å². The highest BCUT2D eigenvalue weighted by molar-refractivity contribution is 6.42. The van der Waals surface area contributed by atoms with Crippen molar-refractivity contribution in [1.29, 1.82) is 0 Å². The van der Waals surface area contributed by atoms with Gasteiger partial charge in [0, 0.05) is 23.7 Å². The summed E-state index contributed by atoms with van der Waals surface area (Å²) in [6, 6.07) is 7.93. The second kappa shape index (κ2) is 8.23. The van der Waals surface area contributed by atoms with Crippen LogP contribution in [0.2, 0.25) is 10.0 Å². The highest BCUT2D eigenvalue weighted by Gasteiger charge is 2.73. The van der Waals surface area contributed by atoms with Crippen LogP contribution in [0.3, 0.4) is 0 Å². The lowest BCUT2D eigenvalue weighted by atomic mass is 9.48. The number of rotatable bonds is 5. The van der Waals surface area contributed by atoms with Gasteiger partial charge in [0.2, 0.25) is 0 Å². The van der Waals surface area contributed by atoms with Gasteiger partial charge >= 0.3 is 0 Å². The molecule has 196 valence electrons. The van der Waals surface area contributed by atoms with Gasteiger partial charge in [-0.2, -0.15) is 0 Å². The third-order valence-corrected chi connectivity index (χ3v) is 10.3. The molecule has 0 unspecified atom stereocenters. The fourth-order valence-electron chi connectivity index (χ4n) is 7.82. The second-order valence-electron chi connectivity index (χ2n) is 11.3. The molecule has 2 N–H and O–H groups in total. The fraction of sp³-hybridized carbons (Fsp3) is 0.536. The van der Waals surface area contributed by atoms with E-state index in [4.69, 9.17) is 32.8 Å². The van der Waals surface area contributed by atoms with Gasteiger partial charge in [-0.3, -0.25) is 14.5 Å². The zero-order valence-electron chi connectivity index (χ0n) is 20.6. The number of phenolic OH excluding ortho intramolecular Hbond substituents is 1. The van der Waals surface area contributed by atoms with Gasteiger partial charge < -0.3 is 14.9 Å². The molecule has 0 aromatic heterocycles. The first-order chi connectivity index (χ1) is 17.8. The first kappa shape index (κ1) is 24.0. The van der Waals surface area contributed by atoms with E-state index in [0.717, 1.165) is 30.6 Å². The molecule has 2 bridgehead atoms. The van der Waals surface area contributed by atoms with Crippen LogP contribution in [0, 0.1) is 5.92 Å². The number of piperidine rings is 1. The SMILES string of the molecule is CON(C(=O)c1ccc(Cl)c(Cl)c1)[C@H]1CC[C@@]2(O)[C@H]3Cc4ccc(O)c5c4[C@@]2(CCN3CC2CC2)[C@H]1O5. The minimum atomic E-state index is -1.03. The van der Waals surface area contributed by atoms with Crippen LogP contribution >= 0.6 is 23.2 Å². The van der Waals surface area contributed by atoms with Crippen LogP contribution in [0.1, 0.15) is 53.6 Å². The normalized spacial score (nSPS) is 33.6. The van der Waals surface area contributed by atoms with E-state index in [0.29, 0.717) is 41.5 Å². The fourth-order valence-corrected chi connectivity index (χ4v) is 8.12. The van der Waals surface area contributed by atoms with Crippen LogP contribution < -0.4 is 4.74 Å². The quantitative estimate of drug-likeness (QED) is 0.545. The second-order valence-corrected chi connectivity index (χ2v) is 12.2. The van der Waals surface area contributed by atoms with Crippen molar-refractivity contribution in [2.45, 2.75) is 67.7 Å². The molecule has 2 aliphatic heterocycles. The summed E-state index contributed by atoms with van der Waals surface area (Å²) in [5, 5.41) is 25.5. The number of aromatic hydroxyl groups is 1. The van der Waals surface area contributed by atoms with Gasteiger partial charge in [0.05, 0.1) is 34.2 Å². The molecule has 1 spiro atoms. The van der Waals surface area contributed by atoms with Crippen LogP contribution in [0.5, 0.6) is 11.5 Å². The van der Waals surface area contributed by atoms with Crippen molar-refractivity contribution in [3.63, 3.8) is 0 Å². The van der Waals surface area contributed by atoms with Gasteiger partial charge in [0.15, 0.2) is 11.5 Å².